The first-order valence-corrected chi connectivity index (χ1v) is 5.92. The fourth-order valence-electron chi connectivity index (χ4n) is 1.84. The number of benzene rings is 2. The second kappa shape index (κ2) is 6.16. The molecule has 0 aliphatic carbocycles. The summed E-state index contributed by atoms with van der Waals surface area (Å²) in [6.45, 7) is 1.32. The molecule has 0 saturated heterocycles. The van der Waals surface area contributed by atoms with Gasteiger partial charge < -0.3 is 4.90 Å². The van der Waals surface area contributed by atoms with E-state index in [0.29, 0.717) is 6.54 Å². The largest absolute Gasteiger partial charge is 0.340 e. The van der Waals surface area contributed by atoms with Crippen LogP contribution in [0.25, 0.3) is 0 Å². The van der Waals surface area contributed by atoms with Gasteiger partial charge in [0.1, 0.15) is 0 Å². The van der Waals surface area contributed by atoms with Crippen LogP contribution in [0, 0.1) is 0 Å². The molecule has 0 fully saturated rings. The molecule has 0 saturated carbocycles. The molecule has 0 bridgehead atoms. The van der Waals surface area contributed by atoms with E-state index < -0.39 is 0 Å². The Labute approximate surface area is 107 Å². The van der Waals surface area contributed by atoms with E-state index in [1.54, 1.807) is 0 Å². The summed E-state index contributed by atoms with van der Waals surface area (Å²) in [6, 6.07) is 20.4. The Morgan fingerprint density at radius 3 is 1.50 bits per heavy atom. The summed E-state index contributed by atoms with van der Waals surface area (Å²) in [4.78, 5) is 2.19. The number of hydrogen-bond acceptors (Lipinski definition) is 4. The van der Waals surface area contributed by atoms with Crippen LogP contribution in [-0.2, 0) is 0 Å². The van der Waals surface area contributed by atoms with Gasteiger partial charge in [0.05, 0.1) is 0 Å². The fourth-order valence-corrected chi connectivity index (χ4v) is 1.84. The molecule has 0 radical (unpaired) electrons. The van der Waals surface area contributed by atoms with Crippen molar-refractivity contribution in [1.82, 2.24) is 5.12 Å². The molecule has 0 spiro atoms. The molecule has 0 aromatic heterocycles. The van der Waals surface area contributed by atoms with Crippen molar-refractivity contribution in [3.05, 3.63) is 60.7 Å². The van der Waals surface area contributed by atoms with Crippen LogP contribution in [0.15, 0.2) is 60.7 Å². The van der Waals surface area contributed by atoms with Crippen LogP contribution in [0.2, 0.25) is 0 Å². The van der Waals surface area contributed by atoms with E-state index in [4.69, 9.17) is 11.7 Å². The number of anilines is 2. The van der Waals surface area contributed by atoms with Gasteiger partial charge in [-0.15, -0.1) is 0 Å². The van der Waals surface area contributed by atoms with Crippen molar-refractivity contribution >= 4 is 11.4 Å². The summed E-state index contributed by atoms with van der Waals surface area (Å²) in [5.74, 6) is 11.0. The van der Waals surface area contributed by atoms with Crippen molar-refractivity contribution in [2.24, 2.45) is 11.7 Å². The molecule has 4 N–H and O–H groups in total. The Hall–Kier alpha value is -1.88. The van der Waals surface area contributed by atoms with E-state index in [2.05, 4.69) is 29.2 Å². The highest BCUT2D eigenvalue weighted by Crippen LogP contribution is 2.24. The van der Waals surface area contributed by atoms with Gasteiger partial charge >= 0.3 is 0 Å². The Balaban J connectivity index is 2.24. The lowest BCUT2D eigenvalue weighted by molar-refractivity contribution is 0.302. The summed E-state index contributed by atoms with van der Waals surface area (Å²) in [6.07, 6.45) is 0. The zero-order chi connectivity index (χ0) is 12.8. The van der Waals surface area contributed by atoms with Gasteiger partial charge in [0, 0.05) is 24.5 Å². The molecule has 4 heteroatoms. The van der Waals surface area contributed by atoms with Gasteiger partial charge in [0.15, 0.2) is 0 Å². The Morgan fingerprint density at radius 2 is 1.11 bits per heavy atom. The smallest absolute Gasteiger partial charge is 0.0463 e. The first-order valence-electron chi connectivity index (χ1n) is 5.92. The van der Waals surface area contributed by atoms with Crippen LogP contribution >= 0.6 is 0 Å². The topological polar surface area (TPSA) is 58.5 Å². The third kappa shape index (κ3) is 3.30. The summed E-state index contributed by atoms with van der Waals surface area (Å²) < 4.78 is 0. The molecule has 2 aromatic rings. The number of hydrazine groups is 2. The van der Waals surface area contributed by atoms with Gasteiger partial charge in [-0.1, -0.05) is 36.4 Å². The molecule has 18 heavy (non-hydrogen) atoms. The average Bonchev–Trinajstić information content (AvgIpc) is 2.41. The van der Waals surface area contributed by atoms with E-state index in [1.807, 2.05) is 36.4 Å². The molecule has 0 amide bonds. The van der Waals surface area contributed by atoms with Gasteiger partial charge in [0.2, 0.25) is 0 Å². The van der Waals surface area contributed by atoms with Crippen LogP contribution in [0.1, 0.15) is 0 Å². The molecular formula is C14H18N4. The van der Waals surface area contributed by atoms with E-state index in [0.717, 1.165) is 17.9 Å². The first-order chi connectivity index (χ1) is 8.77. The maximum Gasteiger partial charge on any atom is 0.0463 e. The summed E-state index contributed by atoms with van der Waals surface area (Å²) in [5, 5.41) is 1.21. The van der Waals surface area contributed by atoms with Crippen LogP contribution < -0.4 is 16.6 Å². The highest BCUT2D eigenvalue weighted by atomic mass is 15.6. The maximum absolute atomic E-state index is 5.48. The average molecular weight is 242 g/mol. The van der Waals surface area contributed by atoms with Crippen molar-refractivity contribution in [2.75, 3.05) is 18.0 Å². The molecule has 2 aromatic carbocycles. The van der Waals surface area contributed by atoms with Gasteiger partial charge in [0.25, 0.3) is 0 Å². The minimum atomic E-state index is 0.587. The zero-order valence-corrected chi connectivity index (χ0v) is 10.2. The third-order valence-corrected chi connectivity index (χ3v) is 2.72. The van der Waals surface area contributed by atoms with E-state index in [1.165, 1.54) is 5.12 Å². The minimum Gasteiger partial charge on any atom is -0.340 e. The molecule has 0 aliphatic rings. The summed E-state index contributed by atoms with van der Waals surface area (Å²) >= 11 is 0. The third-order valence-electron chi connectivity index (χ3n) is 2.72. The monoisotopic (exact) mass is 242 g/mol. The molecule has 0 unspecified atom stereocenters. The zero-order valence-electron chi connectivity index (χ0n) is 10.2. The molecule has 0 aliphatic heterocycles. The van der Waals surface area contributed by atoms with Crippen LogP contribution in [0.5, 0.6) is 0 Å². The molecule has 2 rings (SSSR count). The summed E-state index contributed by atoms with van der Waals surface area (Å²) in [5.41, 5.74) is 2.26. The van der Waals surface area contributed by atoms with Crippen LogP contribution in [0.4, 0.5) is 11.4 Å². The van der Waals surface area contributed by atoms with Crippen LogP contribution in [0.3, 0.4) is 0 Å². The lowest BCUT2D eigenvalue weighted by Gasteiger charge is -2.26. The van der Waals surface area contributed by atoms with E-state index >= 15 is 0 Å². The number of hydrogen-bond donors (Lipinski definition) is 2. The van der Waals surface area contributed by atoms with Gasteiger partial charge in [-0.05, 0) is 24.3 Å². The Kier molecular flexibility index (Phi) is 4.30. The Bertz CT molecular complexity index is 416. The SMILES string of the molecule is NN(N)CCN(c1ccccc1)c1ccccc1. The predicted molar refractivity (Wildman–Crippen MR) is 75.0 cm³/mol. The second-order valence-electron chi connectivity index (χ2n) is 4.06. The van der Waals surface area contributed by atoms with E-state index in [9.17, 15) is 0 Å². The molecule has 0 atom stereocenters. The Morgan fingerprint density at radius 1 is 0.667 bits per heavy atom. The number of para-hydroxylation sites is 2. The molecule has 94 valence electrons. The lowest BCUT2D eigenvalue weighted by atomic mass is 10.2. The lowest BCUT2D eigenvalue weighted by Crippen LogP contribution is -2.42. The normalized spacial score (nSPS) is 10.6. The predicted octanol–water partition coefficient (Wildman–Crippen LogP) is 1.87. The van der Waals surface area contributed by atoms with Gasteiger partial charge in [-0.25, -0.2) is 0 Å². The highest BCUT2D eigenvalue weighted by Gasteiger charge is 2.08. The van der Waals surface area contributed by atoms with Crippen molar-refractivity contribution < 1.29 is 0 Å². The fraction of sp³-hybridized carbons (Fsp3) is 0.143. The van der Waals surface area contributed by atoms with Crippen molar-refractivity contribution in [1.29, 1.82) is 0 Å². The molecular weight excluding hydrogens is 224 g/mol. The van der Waals surface area contributed by atoms with E-state index in [-0.39, 0.29) is 0 Å². The van der Waals surface area contributed by atoms with Crippen molar-refractivity contribution in [2.45, 2.75) is 0 Å². The number of nitrogens with two attached hydrogens (primary N) is 2. The quantitative estimate of drug-likeness (QED) is 0.621. The second-order valence-corrected chi connectivity index (χ2v) is 4.06. The molecule has 4 nitrogen and oxygen atoms in total. The number of rotatable bonds is 5. The van der Waals surface area contributed by atoms with Crippen molar-refractivity contribution in [3.8, 4) is 0 Å². The number of nitrogens with zero attached hydrogens (tertiary/aromatic N) is 2. The first kappa shape index (κ1) is 12.6. The van der Waals surface area contributed by atoms with Gasteiger partial charge in [-0.3, -0.25) is 11.7 Å². The molecule has 0 heterocycles. The van der Waals surface area contributed by atoms with Gasteiger partial charge in [-0.2, -0.15) is 5.12 Å². The minimum absolute atomic E-state index is 0.587. The summed E-state index contributed by atoms with van der Waals surface area (Å²) in [7, 11) is 0. The highest BCUT2D eigenvalue weighted by molar-refractivity contribution is 5.62. The van der Waals surface area contributed by atoms with Crippen molar-refractivity contribution in [3.63, 3.8) is 0 Å². The maximum atomic E-state index is 5.48. The standard InChI is InChI=1S/C14H18N4/c15-18(16)12-11-17(13-7-3-1-4-8-13)14-9-5-2-6-10-14/h1-10H,11-12,15-16H2. The van der Waals surface area contributed by atoms with Crippen LogP contribution in [-0.4, -0.2) is 18.2 Å².